The summed E-state index contributed by atoms with van der Waals surface area (Å²) in [5.41, 5.74) is 2.40. The van der Waals surface area contributed by atoms with Crippen molar-refractivity contribution in [3.63, 3.8) is 0 Å². The van der Waals surface area contributed by atoms with Crippen LogP contribution in [0.3, 0.4) is 0 Å². The van der Waals surface area contributed by atoms with Gasteiger partial charge in [-0.05, 0) is 95.8 Å². The molecular formula is C49H91FN10O. The number of aromatic nitrogens is 2. The molecule has 2 aliphatic heterocycles. The minimum absolute atomic E-state index is 0.178. The monoisotopic (exact) mass is 855 g/mol. The number of hydrogen-bond acceptors (Lipinski definition) is 10. The fourth-order valence-electron chi connectivity index (χ4n) is 6.16. The first-order valence-corrected chi connectivity index (χ1v) is 23.2. The van der Waals surface area contributed by atoms with Crippen LogP contribution in [0.15, 0.2) is 67.3 Å². The molecule has 0 amide bonds. The Kier molecular flexibility index (Phi) is 31.7. The fourth-order valence-corrected chi connectivity index (χ4v) is 6.16. The van der Waals surface area contributed by atoms with Crippen LogP contribution in [0.4, 0.5) is 4.39 Å². The third-order valence-corrected chi connectivity index (χ3v) is 10.3. The number of likely N-dealkylation sites (N-methyl/N-ethyl adjacent to an activating group) is 2. The van der Waals surface area contributed by atoms with Crippen LogP contribution in [0, 0.1) is 5.82 Å². The molecule has 3 aromatic rings. The Labute approximate surface area is 373 Å². The van der Waals surface area contributed by atoms with Crippen LogP contribution in [0.1, 0.15) is 93.2 Å². The lowest BCUT2D eigenvalue weighted by atomic mass is 10.2. The van der Waals surface area contributed by atoms with Crippen molar-refractivity contribution in [2.45, 2.75) is 132 Å². The van der Waals surface area contributed by atoms with E-state index in [-0.39, 0.29) is 5.82 Å². The van der Waals surface area contributed by atoms with E-state index < -0.39 is 0 Å². The summed E-state index contributed by atoms with van der Waals surface area (Å²) in [6.45, 7) is 37.9. The minimum atomic E-state index is -0.178. The second kappa shape index (κ2) is 34.5. The summed E-state index contributed by atoms with van der Waals surface area (Å²) >= 11 is 0. The Bertz CT molecular complexity index is 1390. The first kappa shape index (κ1) is 56.1. The predicted octanol–water partition coefficient (Wildman–Crippen LogP) is 7.05. The summed E-state index contributed by atoms with van der Waals surface area (Å²) in [6, 6.07) is 17.6. The number of nitrogens with one attached hydrogen (secondary N) is 4. The van der Waals surface area contributed by atoms with Crippen molar-refractivity contribution < 1.29 is 9.13 Å². The largest absolute Gasteiger partial charge is 0.497 e. The fraction of sp³-hybridized carbons (Fsp3) is 0.694. The average Bonchev–Trinajstić information content (AvgIpc) is 3.76. The van der Waals surface area contributed by atoms with E-state index in [9.17, 15) is 4.39 Å². The number of halogens is 1. The predicted molar refractivity (Wildman–Crippen MR) is 259 cm³/mol. The molecule has 0 aliphatic carbocycles. The molecule has 0 bridgehead atoms. The van der Waals surface area contributed by atoms with E-state index in [1.165, 1.54) is 83.0 Å². The van der Waals surface area contributed by atoms with Crippen molar-refractivity contribution in [1.29, 1.82) is 0 Å². The van der Waals surface area contributed by atoms with Crippen LogP contribution >= 0.6 is 0 Å². The highest BCUT2D eigenvalue weighted by Gasteiger charge is 2.15. The van der Waals surface area contributed by atoms with Gasteiger partial charge in [-0.25, -0.2) is 9.37 Å². The number of nitrogens with zero attached hydrogens (tertiary/aromatic N) is 6. The maximum Gasteiger partial charge on any atom is 0.123 e. The van der Waals surface area contributed by atoms with Gasteiger partial charge in [0.25, 0.3) is 0 Å². The van der Waals surface area contributed by atoms with Crippen molar-refractivity contribution in [2.75, 3.05) is 93.2 Å². The highest BCUT2D eigenvalue weighted by atomic mass is 19.1. The first-order valence-electron chi connectivity index (χ1n) is 23.2. The lowest BCUT2D eigenvalue weighted by molar-refractivity contribution is 0.126. The molecule has 11 nitrogen and oxygen atoms in total. The highest BCUT2D eigenvalue weighted by Crippen LogP contribution is 2.11. The molecule has 350 valence electrons. The van der Waals surface area contributed by atoms with Crippen molar-refractivity contribution in [1.82, 2.24) is 50.4 Å². The van der Waals surface area contributed by atoms with E-state index in [0.29, 0.717) is 24.2 Å². The number of hydrogen-bond donors (Lipinski definition) is 4. The van der Waals surface area contributed by atoms with Gasteiger partial charge >= 0.3 is 0 Å². The van der Waals surface area contributed by atoms with Crippen LogP contribution in [-0.2, 0) is 19.6 Å². The number of methoxy groups -OCH3 is 1. The van der Waals surface area contributed by atoms with Crippen LogP contribution in [-0.4, -0.2) is 153 Å². The zero-order valence-corrected chi connectivity index (χ0v) is 41.0. The summed E-state index contributed by atoms with van der Waals surface area (Å²) in [4.78, 5) is 13.9. The molecule has 12 heteroatoms. The Morgan fingerprint density at radius 2 is 1.03 bits per heavy atom. The van der Waals surface area contributed by atoms with Crippen LogP contribution in [0.5, 0.6) is 5.75 Å². The zero-order valence-electron chi connectivity index (χ0n) is 41.0. The highest BCUT2D eigenvalue weighted by molar-refractivity contribution is 5.27. The van der Waals surface area contributed by atoms with Gasteiger partial charge in [0, 0.05) is 115 Å². The van der Waals surface area contributed by atoms with Gasteiger partial charge in [-0.15, -0.1) is 0 Å². The topological polar surface area (TPSA) is 88.1 Å². The van der Waals surface area contributed by atoms with E-state index in [4.69, 9.17) is 4.74 Å². The first-order chi connectivity index (χ1) is 29.1. The third-order valence-electron chi connectivity index (χ3n) is 10.3. The SMILES string of the molecule is CC(C)N1CCN(C)CC1.CC(C)NCCCN1CCN(C)CC1.CC(C)NCCCn1ccnc1.CC(C)NCc1ccc(F)cc1.COc1ccc(CNC(C)C)cc1. The molecule has 1 aromatic heterocycles. The Hall–Kier alpha value is -2.94. The summed E-state index contributed by atoms with van der Waals surface area (Å²) in [7, 11) is 6.08. The lowest BCUT2D eigenvalue weighted by Crippen LogP contribution is -2.47. The van der Waals surface area contributed by atoms with Crippen molar-refractivity contribution in [3.8, 4) is 5.75 Å². The molecule has 2 saturated heterocycles. The molecular weight excluding hydrogens is 764 g/mol. The molecule has 0 atom stereocenters. The van der Waals surface area contributed by atoms with Gasteiger partial charge in [0.15, 0.2) is 0 Å². The van der Waals surface area contributed by atoms with Crippen molar-refractivity contribution in [2.24, 2.45) is 0 Å². The maximum absolute atomic E-state index is 12.5. The Balaban J connectivity index is 0.000000383. The standard InChI is InChI=1S/C11H25N3.C11H17NO.C10H14FN.C9H17N3.C8H18N2/c1-11(2)12-5-4-6-14-9-7-13(3)8-10-14;1-9(2)12-8-10-4-6-11(13-3)7-5-10;1-8(2)12-7-9-3-5-10(11)6-4-9;1-9(2)11-4-3-6-12-7-5-10-8-12;1-8(2)10-6-4-9(3)5-7-10/h11-12H,4-10H2,1-3H3;4-7,9,12H,8H2,1-3H3;3-6,8,12H,7H2,1-2H3;5,7-9,11H,3-4,6H2,1-2H3;8H,4-7H2,1-3H3. The van der Waals surface area contributed by atoms with E-state index in [1.54, 1.807) is 19.2 Å². The number of piperazine rings is 2. The van der Waals surface area contributed by atoms with Gasteiger partial charge < -0.3 is 45.3 Å². The second-order valence-corrected chi connectivity index (χ2v) is 17.8. The molecule has 0 unspecified atom stereocenters. The van der Waals surface area contributed by atoms with Gasteiger partial charge in [-0.2, -0.15) is 0 Å². The molecule has 0 spiro atoms. The Morgan fingerprint density at radius 3 is 1.44 bits per heavy atom. The van der Waals surface area contributed by atoms with Gasteiger partial charge in [0.05, 0.1) is 13.4 Å². The number of ether oxygens (including phenoxy) is 1. The molecule has 0 saturated carbocycles. The van der Waals surface area contributed by atoms with E-state index >= 15 is 0 Å². The van der Waals surface area contributed by atoms with Gasteiger partial charge in [-0.1, -0.05) is 79.7 Å². The smallest absolute Gasteiger partial charge is 0.123 e. The summed E-state index contributed by atoms with van der Waals surface area (Å²) in [6.07, 6.45) is 8.11. The molecule has 0 radical (unpaired) electrons. The van der Waals surface area contributed by atoms with E-state index in [2.05, 4.69) is 146 Å². The third kappa shape index (κ3) is 31.5. The lowest BCUT2D eigenvalue weighted by Gasteiger charge is -2.34. The molecule has 61 heavy (non-hydrogen) atoms. The second-order valence-electron chi connectivity index (χ2n) is 17.8. The normalized spacial score (nSPS) is 15.1. The van der Waals surface area contributed by atoms with Crippen molar-refractivity contribution >= 4 is 0 Å². The van der Waals surface area contributed by atoms with Gasteiger partial charge in [0.2, 0.25) is 0 Å². The Morgan fingerprint density at radius 1 is 0.590 bits per heavy atom. The summed E-state index contributed by atoms with van der Waals surface area (Å²) in [5.74, 6) is 0.733. The number of imidazole rings is 1. The van der Waals surface area contributed by atoms with Gasteiger partial charge in [0.1, 0.15) is 11.6 Å². The molecule has 2 aromatic carbocycles. The number of benzene rings is 2. The zero-order chi connectivity index (χ0) is 45.4. The van der Waals surface area contributed by atoms with Crippen LogP contribution in [0.25, 0.3) is 0 Å². The quantitative estimate of drug-likeness (QED) is 0.100. The number of aryl methyl sites for hydroxylation is 1. The van der Waals surface area contributed by atoms with Gasteiger partial charge in [-0.3, -0.25) is 4.90 Å². The minimum Gasteiger partial charge on any atom is -0.497 e. The molecule has 3 heterocycles. The van der Waals surface area contributed by atoms with E-state index in [1.807, 2.05) is 30.9 Å². The van der Waals surface area contributed by atoms with Crippen LogP contribution < -0.4 is 26.0 Å². The van der Waals surface area contributed by atoms with Crippen molar-refractivity contribution in [3.05, 3.63) is 84.2 Å². The molecule has 5 rings (SSSR count). The molecule has 4 N–H and O–H groups in total. The average molecular weight is 855 g/mol. The van der Waals surface area contributed by atoms with Crippen LogP contribution in [0.2, 0.25) is 0 Å². The summed E-state index contributed by atoms with van der Waals surface area (Å²) < 4.78 is 19.6. The molecule has 2 aliphatic rings. The summed E-state index contributed by atoms with van der Waals surface area (Å²) in [5, 5.41) is 13.4. The molecule has 2 fully saturated rings. The number of rotatable bonds is 18. The van der Waals surface area contributed by atoms with E-state index in [0.717, 1.165) is 56.5 Å². The maximum atomic E-state index is 12.5.